The summed E-state index contributed by atoms with van der Waals surface area (Å²) in [5, 5.41) is 3.54. The van der Waals surface area contributed by atoms with E-state index in [2.05, 4.69) is 5.32 Å². The first-order valence-corrected chi connectivity index (χ1v) is 5.12. The monoisotopic (exact) mass is 151 g/mol. The van der Waals surface area contributed by atoms with Crippen molar-refractivity contribution in [2.75, 3.05) is 13.1 Å². The predicted molar refractivity (Wildman–Crippen MR) is 45.4 cm³/mol. The number of piperidine rings is 1. The van der Waals surface area contributed by atoms with Crippen LogP contribution in [0.15, 0.2) is 0 Å². The first kappa shape index (κ1) is 6.47. The Morgan fingerprint density at radius 3 is 2.45 bits per heavy atom. The van der Waals surface area contributed by atoms with E-state index < -0.39 is 0 Å². The summed E-state index contributed by atoms with van der Waals surface area (Å²) >= 11 is 0. The maximum absolute atomic E-state index is 3.54. The fourth-order valence-electron chi connectivity index (χ4n) is 3.52. The van der Waals surface area contributed by atoms with Crippen LogP contribution in [-0.2, 0) is 0 Å². The van der Waals surface area contributed by atoms with Crippen molar-refractivity contribution in [1.29, 1.82) is 0 Å². The molecule has 2 aliphatic carbocycles. The molecule has 0 bridgehead atoms. The molecule has 3 rings (SSSR count). The van der Waals surface area contributed by atoms with Crippen molar-refractivity contribution in [2.24, 2.45) is 17.3 Å². The number of fused-ring (bicyclic) bond motifs is 1. The molecule has 1 N–H and O–H groups in total. The minimum Gasteiger partial charge on any atom is -0.316 e. The number of hydrogen-bond donors (Lipinski definition) is 1. The third kappa shape index (κ3) is 0.752. The Labute approximate surface area is 68.6 Å². The van der Waals surface area contributed by atoms with Gasteiger partial charge in [-0.05, 0) is 43.1 Å². The van der Waals surface area contributed by atoms with Gasteiger partial charge in [-0.3, -0.25) is 0 Å². The SMILES string of the molecule is C1CCC(C23CNCC2C3)C1. The van der Waals surface area contributed by atoms with Gasteiger partial charge >= 0.3 is 0 Å². The smallest absolute Gasteiger partial charge is 0.00138 e. The highest BCUT2D eigenvalue weighted by molar-refractivity contribution is 5.12. The van der Waals surface area contributed by atoms with Crippen LogP contribution in [-0.4, -0.2) is 13.1 Å². The van der Waals surface area contributed by atoms with E-state index in [1.807, 2.05) is 0 Å². The molecule has 0 aromatic heterocycles. The summed E-state index contributed by atoms with van der Waals surface area (Å²) in [6.07, 6.45) is 7.67. The topological polar surface area (TPSA) is 12.0 Å². The Morgan fingerprint density at radius 2 is 1.91 bits per heavy atom. The van der Waals surface area contributed by atoms with Gasteiger partial charge < -0.3 is 5.32 Å². The van der Waals surface area contributed by atoms with E-state index in [0.29, 0.717) is 0 Å². The molecule has 2 unspecified atom stereocenters. The highest BCUT2D eigenvalue weighted by Gasteiger charge is 2.60. The number of nitrogens with one attached hydrogen (secondary N) is 1. The predicted octanol–water partition coefficient (Wildman–Crippen LogP) is 1.79. The summed E-state index contributed by atoms with van der Waals surface area (Å²) in [6, 6.07) is 0. The van der Waals surface area contributed by atoms with Crippen molar-refractivity contribution >= 4 is 0 Å². The Kier molecular flexibility index (Phi) is 1.18. The van der Waals surface area contributed by atoms with Gasteiger partial charge in [0.15, 0.2) is 0 Å². The lowest BCUT2D eigenvalue weighted by Crippen LogP contribution is -2.21. The Morgan fingerprint density at radius 1 is 1.09 bits per heavy atom. The molecule has 0 spiro atoms. The fraction of sp³-hybridized carbons (Fsp3) is 1.00. The van der Waals surface area contributed by atoms with Gasteiger partial charge in [0.05, 0.1) is 0 Å². The van der Waals surface area contributed by atoms with Crippen molar-refractivity contribution in [2.45, 2.75) is 32.1 Å². The first-order chi connectivity index (χ1) is 5.42. The van der Waals surface area contributed by atoms with E-state index in [1.165, 1.54) is 38.8 Å². The lowest BCUT2D eigenvalue weighted by molar-refractivity contribution is 0.317. The normalized spacial score (nSPS) is 49.6. The molecule has 1 heteroatoms. The van der Waals surface area contributed by atoms with Crippen LogP contribution in [0.2, 0.25) is 0 Å². The molecule has 0 radical (unpaired) electrons. The molecule has 3 fully saturated rings. The largest absolute Gasteiger partial charge is 0.316 e. The standard InChI is InChI=1S/C10H17N/c1-2-4-8(3-1)10-5-9(10)6-11-7-10/h8-9,11H,1-7H2. The van der Waals surface area contributed by atoms with Crippen LogP contribution in [0.3, 0.4) is 0 Å². The van der Waals surface area contributed by atoms with Crippen LogP contribution in [0.1, 0.15) is 32.1 Å². The minimum atomic E-state index is 0.830. The lowest BCUT2D eigenvalue weighted by Gasteiger charge is -2.19. The Bertz CT molecular complexity index is 172. The maximum Gasteiger partial charge on any atom is 0.00138 e. The van der Waals surface area contributed by atoms with E-state index in [-0.39, 0.29) is 0 Å². The van der Waals surface area contributed by atoms with Gasteiger partial charge in [-0.15, -0.1) is 0 Å². The van der Waals surface area contributed by atoms with Gasteiger partial charge in [0.1, 0.15) is 0 Å². The van der Waals surface area contributed by atoms with Crippen LogP contribution in [0.4, 0.5) is 0 Å². The zero-order valence-corrected chi connectivity index (χ0v) is 7.10. The van der Waals surface area contributed by atoms with E-state index in [4.69, 9.17) is 0 Å². The van der Waals surface area contributed by atoms with Crippen LogP contribution >= 0.6 is 0 Å². The Balaban J connectivity index is 1.77. The highest BCUT2D eigenvalue weighted by atomic mass is 15.0. The molecule has 1 heterocycles. The van der Waals surface area contributed by atoms with Crippen molar-refractivity contribution in [1.82, 2.24) is 5.32 Å². The third-order valence-electron chi connectivity index (χ3n) is 4.29. The van der Waals surface area contributed by atoms with Crippen molar-refractivity contribution in [3.8, 4) is 0 Å². The van der Waals surface area contributed by atoms with Crippen LogP contribution in [0, 0.1) is 17.3 Å². The molecule has 0 aromatic carbocycles. The summed E-state index contributed by atoms with van der Waals surface area (Å²) in [6.45, 7) is 2.68. The van der Waals surface area contributed by atoms with Crippen LogP contribution < -0.4 is 5.32 Å². The maximum atomic E-state index is 3.54. The van der Waals surface area contributed by atoms with Crippen molar-refractivity contribution < 1.29 is 0 Å². The van der Waals surface area contributed by atoms with Crippen LogP contribution in [0.5, 0.6) is 0 Å². The summed E-state index contributed by atoms with van der Waals surface area (Å²) in [5.74, 6) is 2.20. The van der Waals surface area contributed by atoms with E-state index in [1.54, 1.807) is 6.42 Å². The van der Waals surface area contributed by atoms with E-state index in [0.717, 1.165) is 17.3 Å². The van der Waals surface area contributed by atoms with Crippen molar-refractivity contribution in [3.05, 3.63) is 0 Å². The van der Waals surface area contributed by atoms with Gasteiger partial charge in [0, 0.05) is 6.54 Å². The van der Waals surface area contributed by atoms with E-state index >= 15 is 0 Å². The number of hydrogen-bond acceptors (Lipinski definition) is 1. The average Bonchev–Trinajstić information content (AvgIpc) is 2.56. The quantitative estimate of drug-likeness (QED) is 0.602. The second-order valence-electron chi connectivity index (χ2n) is 4.75. The van der Waals surface area contributed by atoms with Gasteiger partial charge in [-0.25, -0.2) is 0 Å². The summed E-state index contributed by atoms with van der Waals surface area (Å²) < 4.78 is 0. The molecule has 62 valence electrons. The zero-order valence-electron chi connectivity index (χ0n) is 7.10. The van der Waals surface area contributed by atoms with Gasteiger partial charge in [0.2, 0.25) is 0 Å². The Hall–Kier alpha value is -0.0400. The molecular weight excluding hydrogens is 134 g/mol. The molecule has 1 saturated heterocycles. The molecule has 0 amide bonds. The first-order valence-electron chi connectivity index (χ1n) is 5.12. The summed E-state index contributed by atoms with van der Waals surface area (Å²) in [4.78, 5) is 0. The van der Waals surface area contributed by atoms with Gasteiger partial charge in [-0.1, -0.05) is 12.8 Å². The molecular formula is C10H17N. The third-order valence-corrected chi connectivity index (χ3v) is 4.29. The van der Waals surface area contributed by atoms with E-state index in [9.17, 15) is 0 Å². The zero-order chi connectivity index (χ0) is 7.31. The number of rotatable bonds is 1. The molecule has 2 atom stereocenters. The second-order valence-corrected chi connectivity index (χ2v) is 4.75. The minimum absolute atomic E-state index is 0.830. The van der Waals surface area contributed by atoms with Crippen LogP contribution in [0.25, 0.3) is 0 Å². The molecule has 3 aliphatic rings. The summed E-state index contributed by atoms with van der Waals surface area (Å²) in [7, 11) is 0. The molecule has 1 nitrogen and oxygen atoms in total. The molecule has 2 saturated carbocycles. The second kappa shape index (κ2) is 2.01. The molecule has 11 heavy (non-hydrogen) atoms. The molecule has 0 aromatic rings. The molecule has 1 aliphatic heterocycles. The summed E-state index contributed by atoms with van der Waals surface area (Å²) in [5.41, 5.74) is 0.830. The highest BCUT2D eigenvalue weighted by Crippen LogP contribution is 2.63. The average molecular weight is 151 g/mol. The van der Waals surface area contributed by atoms with Crippen molar-refractivity contribution in [3.63, 3.8) is 0 Å². The van der Waals surface area contributed by atoms with Gasteiger partial charge in [-0.2, -0.15) is 0 Å². The lowest BCUT2D eigenvalue weighted by atomic mass is 9.87. The van der Waals surface area contributed by atoms with Gasteiger partial charge in [0.25, 0.3) is 0 Å². The fourth-order valence-corrected chi connectivity index (χ4v) is 3.52.